The molecule has 1 aliphatic rings. The first-order chi connectivity index (χ1) is 13.2. The van der Waals surface area contributed by atoms with Crippen LogP contribution in [0.4, 0.5) is 0 Å². The lowest BCUT2D eigenvalue weighted by Crippen LogP contribution is -2.18. The molecule has 0 bridgehead atoms. The molecule has 0 spiro atoms. The van der Waals surface area contributed by atoms with Gasteiger partial charge in [-0.25, -0.2) is 4.79 Å². The van der Waals surface area contributed by atoms with E-state index in [2.05, 4.69) is 6.92 Å². The molecule has 1 heterocycles. The highest BCUT2D eigenvalue weighted by atomic mass is 16.5. The Kier molecular flexibility index (Phi) is 14.7. The molecule has 1 aliphatic heterocycles. The van der Waals surface area contributed by atoms with Gasteiger partial charge in [0.2, 0.25) is 0 Å². The van der Waals surface area contributed by atoms with Crippen LogP contribution in [-0.4, -0.2) is 17.9 Å². The molecule has 1 rings (SSSR count). The number of ketones is 1. The standard InChI is InChI=1S/C24H40O3/c1-2-3-4-5-6-7-8-9-10-11-12-13-14-17-22(25)18-15-19-23-20-16-21-24(26)27-23/h15-16,18,21,23H,2-14,17,19-20H2,1H3/b18-15+/t23-/m1/s1. The zero-order chi connectivity index (χ0) is 19.6. The smallest absolute Gasteiger partial charge is 0.330 e. The van der Waals surface area contributed by atoms with Crippen molar-refractivity contribution >= 4 is 11.8 Å². The Morgan fingerprint density at radius 3 is 2.07 bits per heavy atom. The summed E-state index contributed by atoms with van der Waals surface area (Å²) in [6.07, 6.45) is 25.9. The summed E-state index contributed by atoms with van der Waals surface area (Å²) in [5.41, 5.74) is 0. The van der Waals surface area contributed by atoms with Gasteiger partial charge >= 0.3 is 5.97 Å². The van der Waals surface area contributed by atoms with Crippen molar-refractivity contribution in [3.63, 3.8) is 0 Å². The number of esters is 1. The minimum atomic E-state index is -0.280. The molecule has 0 aliphatic carbocycles. The van der Waals surface area contributed by atoms with Crippen LogP contribution in [0.25, 0.3) is 0 Å². The molecule has 0 fully saturated rings. The van der Waals surface area contributed by atoms with Crippen molar-refractivity contribution in [1.82, 2.24) is 0 Å². The van der Waals surface area contributed by atoms with Gasteiger partial charge in [0.25, 0.3) is 0 Å². The summed E-state index contributed by atoms with van der Waals surface area (Å²) in [6, 6.07) is 0. The maximum Gasteiger partial charge on any atom is 0.330 e. The normalized spacial score (nSPS) is 16.8. The molecule has 154 valence electrons. The van der Waals surface area contributed by atoms with Crippen molar-refractivity contribution in [3.8, 4) is 0 Å². The van der Waals surface area contributed by atoms with E-state index in [-0.39, 0.29) is 17.9 Å². The van der Waals surface area contributed by atoms with Crippen LogP contribution in [0.15, 0.2) is 24.3 Å². The van der Waals surface area contributed by atoms with Crippen molar-refractivity contribution in [2.24, 2.45) is 0 Å². The van der Waals surface area contributed by atoms with Crippen molar-refractivity contribution in [2.75, 3.05) is 0 Å². The number of carbonyl (C=O) groups is 2. The molecule has 1 atom stereocenters. The van der Waals surface area contributed by atoms with E-state index in [1.807, 2.05) is 12.2 Å². The fourth-order valence-corrected chi connectivity index (χ4v) is 3.46. The monoisotopic (exact) mass is 376 g/mol. The van der Waals surface area contributed by atoms with Crippen molar-refractivity contribution in [3.05, 3.63) is 24.3 Å². The second kappa shape index (κ2) is 16.8. The quantitative estimate of drug-likeness (QED) is 0.158. The Morgan fingerprint density at radius 1 is 0.963 bits per heavy atom. The maximum absolute atomic E-state index is 11.8. The van der Waals surface area contributed by atoms with Gasteiger partial charge in [0.15, 0.2) is 5.78 Å². The summed E-state index contributed by atoms with van der Waals surface area (Å²) < 4.78 is 5.16. The number of unbranched alkanes of at least 4 members (excludes halogenated alkanes) is 12. The molecular weight excluding hydrogens is 336 g/mol. The average Bonchev–Trinajstić information content (AvgIpc) is 2.65. The van der Waals surface area contributed by atoms with Crippen LogP contribution >= 0.6 is 0 Å². The van der Waals surface area contributed by atoms with Gasteiger partial charge in [0, 0.05) is 25.3 Å². The first kappa shape index (κ1) is 23.7. The van der Waals surface area contributed by atoms with Crippen LogP contribution < -0.4 is 0 Å². The van der Waals surface area contributed by atoms with Crippen LogP contribution in [0, 0.1) is 0 Å². The van der Waals surface area contributed by atoms with Gasteiger partial charge in [0.1, 0.15) is 6.10 Å². The Hall–Kier alpha value is -1.38. The van der Waals surface area contributed by atoms with Gasteiger partial charge in [-0.2, -0.15) is 0 Å². The van der Waals surface area contributed by atoms with Gasteiger partial charge in [-0.1, -0.05) is 96.1 Å². The van der Waals surface area contributed by atoms with E-state index in [4.69, 9.17) is 4.74 Å². The second-order valence-electron chi connectivity index (χ2n) is 7.79. The first-order valence-electron chi connectivity index (χ1n) is 11.3. The number of carbonyl (C=O) groups excluding carboxylic acids is 2. The highest BCUT2D eigenvalue weighted by Gasteiger charge is 2.13. The van der Waals surface area contributed by atoms with Gasteiger partial charge in [-0.05, 0) is 12.5 Å². The van der Waals surface area contributed by atoms with E-state index in [1.165, 1.54) is 76.7 Å². The molecule has 0 aromatic rings. The van der Waals surface area contributed by atoms with E-state index in [0.29, 0.717) is 12.8 Å². The number of allylic oxidation sites excluding steroid dienone is 1. The Bertz CT molecular complexity index is 451. The van der Waals surface area contributed by atoms with Crippen LogP contribution in [0.1, 0.15) is 110 Å². The SMILES string of the molecule is CCCCCCCCCCCCCCCC(=O)/C=C/C[C@@H]1CC=CC(=O)O1. The van der Waals surface area contributed by atoms with Crippen molar-refractivity contribution in [1.29, 1.82) is 0 Å². The Morgan fingerprint density at radius 2 is 1.52 bits per heavy atom. The summed E-state index contributed by atoms with van der Waals surface area (Å²) in [4.78, 5) is 23.0. The zero-order valence-corrected chi connectivity index (χ0v) is 17.4. The van der Waals surface area contributed by atoms with Crippen LogP contribution in [-0.2, 0) is 14.3 Å². The molecule has 0 saturated heterocycles. The molecule has 0 aromatic carbocycles. The highest BCUT2D eigenvalue weighted by molar-refractivity contribution is 5.89. The van der Waals surface area contributed by atoms with Gasteiger partial charge in [-0.3, -0.25) is 4.79 Å². The fraction of sp³-hybridized carbons (Fsp3) is 0.750. The van der Waals surface area contributed by atoms with E-state index in [1.54, 1.807) is 6.08 Å². The number of hydrogen-bond donors (Lipinski definition) is 0. The summed E-state index contributed by atoms with van der Waals surface area (Å²) in [6.45, 7) is 2.27. The van der Waals surface area contributed by atoms with Crippen LogP contribution in [0.3, 0.4) is 0 Å². The van der Waals surface area contributed by atoms with E-state index < -0.39 is 0 Å². The number of rotatable bonds is 17. The summed E-state index contributed by atoms with van der Waals surface area (Å²) in [5.74, 6) is -0.0892. The third kappa shape index (κ3) is 14.4. The van der Waals surface area contributed by atoms with E-state index in [0.717, 1.165) is 19.3 Å². The van der Waals surface area contributed by atoms with Gasteiger partial charge in [0.05, 0.1) is 0 Å². The molecule has 27 heavy (non-hydrogen) atoms. The molecule has 0 amide bonds. The molecule has 3 nitrogen and oxygen atoms in total. The lowest BCUT2D eigenvalue weighted by Gasteiger charge is -2.16. The lowest BCUT2D eigenvalue weighted by molar-refractivity contribution is -0.143. The number of hydrogen-bond acceptors (Lipinski definition) is 3. The summed E-state index contributed by atoms with van der Waals surface area (Å²) >= 11 is 0. The van der Waals surface area contributed by atoms with Gasteiger partial charge < -0.3 is 4.74 Å². The van der Waals surface area contributed by atoms with E-state index >= 15 is 0 Å². The second-order valence-corrected chi connectivity index (χ2v) is 7.79. The molecular formula is C24H40O3. The third-order valence-corrected chi connectivity index (χ3v) is 5.17. The number of ether oxygens (including phenoxy) is 1. The molecule has 0 aromatic heterocycles. The van der Waals surface area contributed by atoms with Crippen LogP contribution in [0.2, 0.25) is 0 Å². The topological polar surface area (TPSA) is 43.4 Å². The molecule has 0 saturated carbocycles. The Balaban J connectivity index is 1.84. The minimum absolute atomic E-state index is 0.108. The molecule has 0 unspecified atom stereocenters. The maximum atomic E-state index is 11.8. The van der Waals surface area contributed by atoms with Crippen molar-refractivity contribution < 1.29 is 14.3 Å². The van der Waals surface area contributed by atoms with Crippen molar-refractivity contribution in [2.45, 2.75) is 116 Å². The Labute approximate surface area is 166 Å². The summed E-state index contributed by atoms with van der Waals surface area (Å²) in [7, 11) is 0. The largest absolute Gasteiger partial charge is 0.459 e. The molecule has 0 radical (unpaired) electrons. The minimum Gasteiger partial charge on any atom is -0.459 e. The predicted molar refractivity (Wildman–Crippen MR) is 113 cm³/mol. The molecule has 3 heteroatoms. The lowest BCUT2D eigenvalue weighted by atomic mass is 10.0. The van der Waals surface area contributed by atoms with Gasteiger partial charge in [-0.15, -0.1) is 0 Å². The summed E-state index contributed by atoms with van der Waals surface area (Å²) in [5, 5.41) is 0. The molecule has 0 N–H and O–H groups in total. The number of cyclic esters (lactones) is 1. The average molecular weight is 377 g/mol. The predicted octanol–water partition coefficient (Wildman–Crippen LogP) is 6.85. The highest BCUT2D eigenvalue weighted by Crippen LogP contribution is 2.14. The van der Waals surface area contributed by atoms with Crippen LogP contribution in [0.5, 0.6) is 0 Å². The first-order valence-corrected chi connectivity index (χ1v) is 11.3. The fourth-order valence-electron chi connectivity index (χ4n) is 3.46. The zero-order valence-electron chi connectivity index (χ0n) is 17.4. The van der Waals surface area contributed by atoms with E-state index in [9.17, 15) is 9.59 Å². The third-order valence-electron chi connectivity index (χ3n) is 5.17.